The highest BCUT2D eigenvalue weighted by atomic mass is 16.5. The van der Waals surface area contributed by atoms with Crippen LogP contribution in [-0.2, 0) is 12.8 Å². The molecule has 0 spiro atoms. The Balaban J connectivity index is 1.84. The normalized spacial score (nSPS) is 11.3. The van der Waals surface area contributed by atoms with E-state index in [1.54, 1.807) is 7.11 Å². The maximum Gasteiger partial charge on any atom is 0.118 e. The van der Waals surface area contributed by atoms with Crippen molar-refractivity contribution in [2.24, 2.45) is 0 Å². The molecule has 120 valence electrons. The second-order valence-electron chi connectivity index (χ2n) is 5.81. The first-order chi connectivity index (χ1) is 11.8. The van der Waals surface area contributed by atoms with Crippen LogP contribution in [-0.4, -0.2) is 7.11 Å². The monoisotopic (exact) mass is 314 g/mol. The van der Waals surface area contributed by atoms with E-state index in [0.29, 0.717) is 0 Å². The largest absolute Gasteiger partial charge is 0.497 e. The summed E-state index contributed by atoms with van der Waals surface area (Å²) in [7, 11) is 1.70. The fraction of sp³-hybridized carbons (Fsp3) is 0.130. The Kier molecular flexibility index (Phi) is 5.47. The molecule has 0 bridgehead atoms. The van der Waals surface area contributed by atoms with E-state index in [4.69, 9.17) is 4.74 Å². The van der Waals surface area contributed by atoms with Gasteiger partial charge in [-0.15, -0.1) is 0 Å². The molecule has 0 saturated carbocycles. The summed E-state index contributed by atoms with van der Waals surface area (Å²) in [5, 5.41) is 0. The molecule has 0 unspecified atom stereocenters. The van der Waals surface area contributed by atoms with E-state index in [9.17, 15) is 0 Å². The van der Waals surface area contributed by atoms with E-state index in [1.165, 1.54) is 22.3 Å². The molecule has 1 nitrogen and oxygen atoms in total. The van der Waals surface area contributed by atoms with Crippen LogP contribution < -0.4 is 4.74 Å². The van der Waals surface area contributed by atoms with E-state index in [0.717, 1.165) is 18.6 Å². The van der Waals surface area contributed by atoms with E-state index >= 15 is 0 Å². The molecule has 1 heteroatoms. The molecule has 0 saturated heterocycles. The summed E-state index contributed by atoms with van der Waals surface area (Å²) in [6.45, 7) is 0. The van der Waals surface area contributed by atoms with Crippen LogP contribution in [0.2, 0.25) is 0 Å². The molecule has 24 heavy (non-hydrogen) atoms. The first-order valence-electron chi connectivity index (χ1n) is 8.26. The lowest BCUT2D eigenvalue weighted by Crippen LogP contribution is -1.93. The summed E-state index contributed by atoms with van der Waals surface area (Å²) < 4.78 is 5.25. The zero-order chi connectivity index (χ0) is 16.6. The van der Waals surface area contributed by atoms with Gasteiger partial charge >= 0.3 is 0 Å². The molecule has 0 amide bonds. The van der Waals surface area contributed by atoms with E-state index in [-0.39, 0.29) is 0 Å². The number of ether oxygens (including phenoxy) is 1. The maximum atomic E-state index is 5.25. The molecule has 0 aliphatic heterocycles. The molecule has 3 aromatic carbocycles. The standard InChI is InChI=1S/C23H22O/c1-24-23-16-13-20(14-17-23)18-22(21-10-6-3-7-11-21)15-12-19-8-4-2-5-9-19/h2-11,13-17H,12,18H2,1H3/b22-15-. The first kappa shape index (κ1) is 16.1. The number of benzene rings is 3. The second kappa shape index (κ2) is 8.16. The maximum absolute atomic E-state index is 5.25. The number of hydrogen-bond acceptors (Lipinski definition) is 1. The van der Waals surface area contributed by atoms with E-state index in [2.05, 4.69) is 78.9 Å². The number of methoxy groups -OCH3 is 1. The highest BCUT2D eigenvalue weighted by molar-refractivity contribution is 5.68. The highest BCUT2D eigenvalue weighted by Crippen LogP contribution is 2.22. The zero-order valence-electron chi connectivity index (χ0n) is 14.0. The van der Waals surface area contributed by atoms with Crippen LogP contribution in [0.3, 0.4) is 0 Å². The van der Waals surface area contributed by atoms with Crippen molar-refractivity contribution in [3.05, 3.63) is 108 Å². The van der Waals surface area contributed by atoms with Gasteiger partial charge < -0.3 is 4.74 Å². The first-order valence-corrected chi connectivity index (χ1v) is 8.26. The molecular weight excluding hydrogens is 292 g/mol. The molecule has 0 N–H and O–H groups in total. The lowest BCUT2D eigenvalue weighted by molar-refractivity contribution is 0.414. The molecule has 0 fully saturated rings. The van der Waals surface area contributed by atoms with Crippen LogP contribution in [0.1, 0.15) is 16.7 Å². The summed E-state index contributed by atoms with van der Waals surface area (Å²) >= 11 is 0. The minimum atomic E-state index is 0.897. The van der Waals surface area contributed by atoms with E-state index < -0.39 is 0 Å². The summed E-state index contributed by atoms with van der Waals surface area (Å²) in [6, 6.07) is 29.5. The third-order valence-electron chi connectivity index (χ3n) is 4.13. The van der Waals surface area contributed by atoms with Gasteiger partial charge in [-0.25, -0.2) is 0 Å². The summed E-state index contributed by atoms with van der Waals surface area (Å²) in [5.41, 5.74) is 5.26. The fourth-order valence-electron chi connectivity index (χ4n) is 2.76. The van der Waals surface area contributed by atoms with Crippen LogP contribution in [0.5, 0.6) is 5.75 Å². The van der Waals surface area contributed by atoms with Crippen molar-refractivity contribution >= 4 is 5.57 Å². The molecular formula is C23H22O. The molecule has 0 aliphatic carbocycles. The van der Waals surface area contributed by atoms with Gasteiger partial charge in [0, 0.05) is 0 Å². The lowest BCUT2D eigenvalue weighted by Gasteiger charge is -2.10. The van der Waals surface area contributed by atoms with Gasteiger partial charge in [-0.3, -0.25) is 0 Å². The third kappa shape index (κ3) is 4.36. The van der Waals surface area contributed by atoms with E-state index in [1.807, 2.05) is 12.1 Å². The van der Waals surface area contributed by atoms with Gasteiger partial charge in [0.2, 0.25) is 0 Å². The smallest absolute Gasteiger partial charge is 0.118 e. The Morgan fingerprint density at radius 2 is 1.38 bits per heavy atom. The molecule has 0 atom stereocenters. The van der Waals surface area contributed by atoms with Gasteiger partial charge in [0.25, 0.3) is 0 Å². The van der Waals surface area contributed by atoms with Crippen molar-refractivity contribution in [2.75, 3.05) is 7.11 Å². The molecule has 3 aromatic rings. The van der Waals surface area contributed by atoms with Crippen LogP contribution in [0.4, 0.5) is 0 Å². The lowest BCUT2D eigenvalue weighted by atomic mass is 9.96. The highest BCUT2D eigenvalue weighted by Gasteiger charge is 2.04. The Morgan fingerprint density at radius 1 is 0.750 bits per heavy atom. The number of rotatable bonds is 6. The van der Waals surface area contributed by atoms with Crippen molar-refractivity contribution < 1.29 is 4.74 Å². The Morgan fingerprint density at radius 3 is 2.00 bits per heavy atom. The Hall–Kier alpha value is -2.80. The van der Waals surface area contributed by atoms with Crippen molar-refractivity contribution in [1.29, 1.82) is 0 Å². The topological polar surface area (TPSA) is 9.23 Å². The summed E-state index contributed by atoms with van der Waals surface area (Å²) in [5.74, 6) is 0.897. The number of allylic oxidation sites excluding steroid dienone is 2. The van der Waals surface area contributed by atoms with Crippen LogP contribution in [0.25, 0.3) is 5.57 Å². The summed E-state index contributed by atoms with van der Waals surface area (Å²) in [6.07, 6.45) is 4.21. The molecule has 0 heterocycles. The molecule has 3 rings (SSSR count). The summed E-state index contributed by atoms with van der Waals surface area (Å²) in [4.78, 5) is 0. The second-order valence-corrected chi connectivity index (χ2v) is 5.81. The van der Waals surface area contributed by atoms with Gasteiger partial charge in [0.15, 0.2) is 0 Å². The van der Waals surface area contributed by atoms with Crippen molar-refractivity contribution in [3.8, 4) is 5.75 Å². The van der Waals surface area contributed by atoms with Gasteiger partial charge in [-0.1, -0.05) is 78.9 Å². The predicted molar refractivity (Wildman–Crippen MR) is 101 cm³/mol. The van der Waals surface area contributed by atoms with Gasteiger partial charge in [0.1, 0.15) is 5.75 Å². The zero-order valence-corrected chi connectivity index (χ0v) is 14.0. The minimum Gasteiger partial charge on any atom is -0.497 e. The van der Waals surface area contributed by atoms with Gasteiger partial charge in [-0.2, -0.15) is 0 Å². The van der Waals surface area contributed by atoms with Crippen LogP contribution in [0, 0.1) is 0 Å². The average molecular weight is 314 g/mol. The fourth-order valence-corrected chi connectivity index (χ4v) is 2.76. The van der Waals surface area contributed by atoms with Crippen LogP contribution >= 0.6 is 0 Å². The van der Waals surface area contributed by atoms with Crippen molar-refractivity contribution in [3.63, 3.8) is 0 Å². The molecule has 0 aliphatic rings. The van der Waals surface area contributed by atoms with Crippen molar-refractivity contribution in [1.82, 2.24) is 0 Å². The molecule has 0 radical (unpaired) electrons. The average Bonchev–Trinajstić information content (AvgIpc) is 2.67. The minimum absolute atomic E-state index is 0.897. The SMILES string of the molecule is COc1ccc(C/C(=C/Cc2ccccc2)c2ccccc2)cc1. The predicted octanol–water partition coefficient (Wildman–Crippen LogP) is 5.56. The Bertz CT molecular complexity index is 771. The third-order valence-corrected chi connectivity index (χ3v) is 4.13. The van der Waals surface area contributed by atoms with Crippen molar-refractivity contribution in [2.45, 2.75) is 12.8 Å². The van der Waals surface area contributed by atoms with Crippen LogP contribution in [0.15, 0.2) is 91.0 Å². The quantitative estimate of drug-likeness (QED) is 0.578. The Labute approximate surface area is 144 Å². The number of hydrogen-bond donors (Lipinski definition) is 0. The molecule has 0 aromatic heterocycles. The van der Waals surface area contributed by atoms with Gasteiger partial charge in [0.05, 0.1) is 7.11 Å². The van der Waals surface area contributed by atoms with Gasteiger partial charge in [-0.05, 0) is 47.2 Å².